The van der Waals surface area contributed by atoms with Gasteiger partial charge in [0.25, 0.3) is 5.56 Å². The van der Waals surface area contributed by atoms with Gasteiger partial charge < -0.3 is 4.98 Å². The Morgan fingerprint density at radius 1 is 1.25 bits per heavy atom. The minimum atomic E-state index is -0.0609. The second-order valence-corrected chi connectivity index (χ2v) is 6.15. The molecule has 0 amide bonds. The van der Waals surface area contributed by atoms with Crippen molar-refractivity contribution in [1.29, 1.82) is 0 Å². The third-order valence-electron chi connectivity index (χ3n) is 3.02. The lowest BCUT2D eigenvalue weighted by Crippen LogP contribution is -2.11. The Hall–Kier alpha value is -1.55. The molecule has 2 rings (SSSR count). The summed E-state index contributed by atoms with van der Waals surface area (Å²) in [6, 6.07) is 12.0. The van der Waals surface area contributed by atoms with Gasteiger partial charge in [0.15, 0.2) is 5.16 Å². The molecule has 0 aliphatic carbocycles. The number of aromatic nitrogens is 2. The molecular formula is C16H20N2OS. The number of hydrogen-bond acceptors (Lipinski definition) is 3. The van der Waals surface area contributed by atoms with Crippen LogP contribution in [0.5, 0.6) is 0 Å². The average Bonchev–Trinajstić information content (AvgIpc) is 2.44. The predicted molar refractivity (Wildman–Crippen MR) is 84.4 cm³/mol. The molecule has 0 bridgehead atoms. The fourth-order valence-electron chi connectivity index (χ4n) is 1.91. The molecule has 1 aromatic carbocycles. The Labute approximate surface area is 123 Å². The summed E-state index contributed by atoms with van der Waals surface area (Å²) < 4.78 is 0. The molecular weight excluding hydrogens is 268 g/mol. The Balaban J connectivity index is 1.86. The number of aromatic amines is 1. The largest absolute Gasteiger partial charge is 0.301 e. The minimum absolute atomic E-state index is 0.0609. The zero-order valence-corrected chi connectivity index (χ0v) is 12.7. The van der Waals surface area contributed by atoms with E-state index in [0.717, 1.165) is 29.4 Å². The first-order valence-electron chi connectivity index (χ1n) is 6.93. The van der Waals surface area contributed by atoms with E-state index < -0.39 is 0 Å². The fraction of sp³-hybridized carbons (Fsp3) is 0.375. The number of rotatable bonds is 6. The number of aryl methyl sites for hydroxylation is 1. The summed E-state index contributed by atoms with van der Waals surface area (Å²) >= 11 is 1.62. The maximum atomic E-state index is 11.6. The SMILES string of the molecule is CC(C)c1cc(=O)[nH]c(SCCCc2ccccc2)n1. The standard InChI is InChI=1S/C16H20N2OS/c1-12(2)14-11-15(19)18-16(17-14)20-10-6-9-13-7-4-3-5-8-13/h3-5,7-8,11-12H,6,9-10H2,1-2H3,(H,17,18,19). The van der Waals surface area contributed by atoms with E-state index in [4.69, 9.17) is 0 Å². The molecule has 0 spiro atoms. The van der Waals surface area contributed by atoms with E-state index in [-0.39, 0.29) is 11.5 Å². The van der Waals surface area contributed by atoms with Crippen LogP contribution in [0, 0.1) is 0 Å². The van der Waals surface area contributed by atoms with Crippen LogP contribution in [0.25, 0.3) is 0 Å². The highest BCUT2D eigenvalue weighted by Gasteiger charge is 2.05. The molecule has 20 heavy (non-hydrogen) atoms. The van der Waals surface area contributed by atoms with Crippen molar-refractivity contribution in [1.82, 2.24) is 9.97 Å². The quantitative estimate of drug-likeness (QED) is 0.501. The molecule has 0 atom stereocenters. The van der Waals surface area contributed by atoms with Crippen LogP contribution in [0.3, 0.4) is 0 Å². The van der Waals surface area contributed by atoms with Crippen LogP contribution in [0.15, 0.2) is 46.3 Å². The first-order valence-corrected chi connectivity index (χ1v) is 7.91. The maximum absolute atomic E-state index is 11.6. The van der Waals surface area contributed by atoms with Crippen molar-refractivity contribution in [2.45, 2.75) is 37.8 Å². The van der Waals surface area contributed by atoms with Crippen LogP contribution < -0.4 is 5.56 Å². The maximum Gasteiger partial charge on any atom is 0.251 e. The number of nitrogens with zero attached hydrogens (tertiary/aromatic N) is 1. The zero-order valence-electron chi connectivity index (χ0n) is 11.9. The lowest BCUT2D eigenvalue weighted by atomic mass is 10.1. The van der Waals surface area contributed by atoms with Crippen molar-refractivity contribution in [3.63, 3.8) is 0 Å². The highest BCUT2D eigenvalue weighted by Crippen LogP contribution is 2.17. The molecule has 0 fully saturated rings. The highest BCUT2D eigenvalue weighted by molar-refractivity contribution is 7.99. The molecule has 0 unspecified atom stereocenters. The number of nitrogens with one attached hydrogen (secondary N) is 1. The zero-order chi connectivity index (χ0) is 14.4. The van der Waals surface area contributed by atoms with Gasteiger partial charge in [0.1, 0.15) is 0 Å². The van der Waals surface area contributed by atoms with E-state index >= 15 is 0 Å². The minimum Gasteiger partial charge on any atom is -0.301 e. The number of thioether (sulfide) groups is 1. The molecule has 1 heterocycles. The van der Waals surface area contributed by atoms with Crippen LogP contribution in [-0.4, -0.2) is 15.7 Å². The Morgan fingerprint density at radius 2 is 2.00 bits per heavy atom. The van der Waals surface area contributed by atoms with Crippen LogP contribution in [0.4, 0.5) is 0 Å². The number of hydrogen-bond donors (Lipinski definition) is 1. The van der Waals surface area contributed by atoms with E-state index in [2.05, 4.69) is 34.2 Å². The second kappa shape index (κ2) is 7.29. The topological polar surface area (TPSA) is 45.8 Å². The summed E-state index contributed by atoms with van der Waals surface area (Å²) in [7, 11) is 0. The van der Waals surface area contributed by atoms with Crippen molar-refractivity contribution in [2.75, 3.05) is 5.75 Å². The van der Waals surface area contributed by atoms with Gasteiger partial charge in [-0.3, -0.25) is 4.79 Å². The smallest absolute Gasteiger partial charge is 0.251 e. The van der Waals surface area contributed by atoms with Gasteiger partial charge in [-0.2, -0.15) is 0 Å². The Morgan fingerprint density at radius 3 is 2.70 bits per heavy atom. The summed E-state index contributed by atoms with van der Waals surface area (Å²) in [6.07, 6.45) is 2.13. The summed E-state index contributed by atoms with van der Waals surface area (Å²) in [4.78, 5) is 18.8. The van der Waals surface area contributed by atoms with Gasteiger partial charge in [-0.15, -0.1) is 0 Å². The average molecular weight is 288 g/mol. The molecule has 0 aliphatic heterocycles. The van der Waals surface area contributed by atoms with E-state index in [1.807, 2.05) is 19.9 Å². The summed E-state index contributed by atoms with van der Waals surface area (Å²) in [5.74, 6) is 1.24. The van der Waals surface area contributed by atoms with Gasteiger partial charge in [-0.25, -0.2) is 4.98 Å². The van der Waals surface area contributed by atoms with E-state index in [1.165, 1.54) is 5.56 Å². The van der Waals surface area contributed by atoms with E-state index in [9.17, 15) is 4.79 Å². The molecule has 0 saturated heterocycles. The molecule has 3 nitrogen and oxygen atoms in total. The van der Waals surface area contributed by atoms with Crippen molar-refractivity contribution in [3.8, 4) is 0 Å². The van der Waals surface area contributed by atoms with Gasteiger partial charge in [0, 0.05) is 11.8 Å². The lowest BCUT2D eigenvalue weighted by Gasteiger charge is -2.06. The fourth-order valence-corrected chi connectivity index (χ4v) is 2.73. The second-order valence-electron chi connectivity index (χ2n) is 5.07. The summed E-state index contributed by atoms with van der Waals surface area (Å²) in [6.45, 7) is 4.09. The molecule has 0 aliphatic rings. The number of benzene rings is 1. The predicted octanol–water partition coefficient (Wildman–Crippen LogP) is 3.62. The van der Waals surface area contributed by atoms with Gasteiger partial charge in [0.05, 0.1) is 5.69 Å². The summed E-state index contributed by atoms with van der Waals surface area (Å²) in [5, 5.41) is 0.731. The summed E-state index contributed by atoms with van der Waals surface area (Å²) in [5.41, 5.74) is 2.15. The Bertz CT molecular complexity index is 593. The molecule has 1 N–H and O–H groups in total. The van der Waals surface area contributed by atoms with Crippen LogP contribution in [0.2, 0.25) is 0 Å². The van der Waals surface area contributed by atoms with Crippen molar-refractivity contribution in [2.24, 2.45) is 0 Å². The van der Waals surface area contributed by atoms with E-state index in [0.29, 0.717) is 0 Å². The van der Waals surface area contributed by atoms with Gasteiger partial charge in [-0.1, -0.05) is 55.9 Å². The Kier molecular flexibility index (Phi) is 5.41. The molecule has 2 aromatic rings. The third kappa shape index (κ3) is 4.53. The first-order chi connectivity index (χ1) is 9.65. The molecule has 0 radical (unpaired) electrons. The van der Waals surface area contributed by atoms with Gasteiger partial charge in [-0.05, 0) is 24.3 Å². The molecule has 106 valence electrons. The monoisotopic (exact) mass is 288 g/mol. The molecule has 0 saturated carbocycles. The van der Waals surface area contributed by atoms with Gasteiger partial charge >= 0.3 is 0 Å². The van der Waals surface area contributed by atoms with Crippen molar-refractivity contribution >= 4 is 11.8 Å². The van der Waals surface area contributed by atoms with Crippen molar-refractivity contribution < 1.29 is 0 Å². The normalized spacial score (nSPS) is 10.9. The lowest BCUT2D eigenvalue weighted by molar-refractivity contribution is 0.769. The number of H-pyrrole nitrogens is 1. The van der Waals surface area contributed by atoms with E-state index in [1.54, 1.807) is 17.8 Å². The van der Waals surface area contributed by atoms with Gasteiger partial charge in [0.2, 0.25) is 0 Å². The highest BCUT2D eigenvalue weighted by atomic mass is 32.2. The molecule has 1 aromatic heterocycles. The van der Waals surface area contributed by atoms with Crippen LogP contribution in [-0.2, 0) is 6.42 Å². The van der Waals surface area contributed by atoms with Crippen LogP contribution in [0.1, 0.15) is 37.4 Å². The van der Waals surface area contributed by atoms with Crippen LogP contribution >= 0.6 is 11.8 Å². The first kappa shape index (κ1) is 14.9. The molecule has 4 heteroatoms. The third-order valence-corrected chi connectivity index (χ3v) is 3.98. The van der Waals surface area contributed by atoms with Crippen molar-refractivity contribution in [3.05, 3.63) is 58.0 Å².